The number of benzene rings is 1. The van der Waals surface area contributed by atoms with Crippen molar-refractivity contribution >= 4 is 5.69 Å². The SMILES string of the molecule is Cc1ccc(N)c(Oc2ccc3c(c2)CCC3)n1. The molecule has 0 aliphatic heterocycles. The van der Waals surface area contributed by atoms with Crippen molar-refractivity contribution in [3.8, 4) is 11.6 Å². The van der Waals surface area contributed by atoms with E-state index in [-0.39, 0.29) is 0 Å². The molecule has 1 aromatic carbocycles. The first-order chi connectivity index (χ1) is 8.72. The van der Waals surface area contributed by atoms with Crippen molar-refractivity contribution in [2.24, 2.45) is 0 Å². The minimum atomic E-state index is 0.493. The molecule has 1 aliphatic rings. The van der Waals surface area contributed by atoms with Crippen LogP contribution in [0, 0.1) is 6.92 Å². The normalized spacial score (nSPS) is 13.4. The standard InChI is InChI=1S/C15H16N2O/c1-10-5-8-14(16)15(17-10)18-13-7-6-11-3-2-4-12(11)9-13/h5-9H,2-4,16H2,1H3. The Kier molecular flexibility index (Phi) is 2.67. The van der Waals surface area contributed by atoms with Crippen LogP contribution in [-0.2, 0) is 12.8 Å². The molecule has 0 unspecified atom stereocenters. The van der Waals surface area contributed by atoms with E-state index >= 15 is 0 Å². The number of ether oxygens (including phenoxy) is 1. The van der Waals surface area contributed by atoms with Crippen LogP contribution in [0.15, 0.2) is 30.3 Å². The van der Waals surface area contributed by atoms with Gasteiger partial charge >= 0.3 is 0 Å². The number of nitrogens with zero attached hydrogens (tertiary/aromatic N) is 1. The van der Waals surface area contributed by atoms with E-state index in [9.17, 15) is 0 Å². The molecule has 2 N–H and O–H groups in total. The van der Waals surface area contributed by atoms with Gasteiger partial charge in [0.15, 0.2) is 0 Å². The monoisotopic (exact) mass is 240 g/mol. The zero-order chi connectivity index (χ0) is 12.5. The van der Waals surface area contributed by atoms with Gasteiger partial charge in [0.25, 0.3) is 0 Å². The van der Waals surface area contributed by atoms with Gasteiger partial charge in [-0.2, -0.15) is 0 Å². The van der Waals surface area contributed by atoms with Crippen LogP contribution in [0.1, 0.15) is 23.2 Å². The molecule has 0 saturated heterocycles. The first-order valence-corrected chi connectivity index (χ1v) is 6.25. The van der Waals surface area contributed by atoms with E-state index in [0.29, 0.717) is 11.6 Å². The lowest BCUT2D eigenvalue weighted by Crippen LogP contribution is -1.96. The van der Waals surface area contributed by atoms with Gasteiger partial charge in [0, 0.05) is 5.69 Å². The fraction of sp³-hybridized carbons (Fsp3) is 0.267. The number of pyridine rings is 1. The van der Waals surface area contributed by atoms with Gasteiger partial charge in [-0.1, -0.05) is 6.07 Å². The van der Waals surface area contributed by atoms with Gasteiger partial charge in [0.05, 0.1) is 5.69 Å². The first-order valence-electron chi connectivity index (χ1n) is 6.25. The predicted octanol–water partition coefficient (Wildman–Crippen LogP) is 3.25. The summed E-state index contributed by atoms with van der Waals surface area (Å²) in [6, 6.07) is 9.94. The molecule has 0 bridgehead atoms. The van der Waals surface area contributed by atoms with Crippen molar-refractivity contribution in [1.29, 1.82) is 0 Å². The van der Waals surface area contributed by atoms with Crippen LogP contribution in [0.4, 0.5) is 5.69 Å². The number of nitrogen functional groups attached to an aromatic ring is 1. The van der Waals surface area contributed by atoms with Gasteiger partial charge in [-0.25, -0.2) is 4.98 Å². The Labute approximate surface area is 107 Å². The van der Waals surface area contributed by atoms with Crippen molar-refractivity contribution in [1.82, 2.24) is 4.98 Å². The van der Waals surface area contributed by atoms with Crippen molar-refractivity contribution < 1.29 is 4.74 Å². The Morgan fingerprint density at radius 1 is 1.11 bits per heavy atom. The molecular weight excluding hydrogens is 224 g/mol. The maximum absolute atomic E-state index is 5.86. The number of aromatic nitrogens is 1. The number of fused-ring (bicyclic) bond motifs is 1. The maximum atomic E-state index is 5.86. The third-order valence-electron chi connectivity index (χ3n) is 3.31. The molecule has 0 saturated carbocycles. The molecule has 3 rings (SSSR count). The van der Waals surface area contributed by atoms with E-state index < -0.39 is 0 Å². The van der Waals surface area contributed by atoms with E-state index in [1.165, 1.54) is 24.0 Å². The molecule has 0 atom stereocenters. The number of aryl methyl sites for hydroxylation is 3. The van der Waals surface area contributed by atoms with E-state index in [2.05, 4.69) is 17.1 Å². The van der Waals surface area contributed by atoms with Crippen molar-refractivity contribution in [2.45, 2.75) is 26.2 Å². The van der Waals surface area contributed by atoms with Crippen molar-refractivity contribution in [2.75, 3.05) is 5.73 Å². The van der Waals surface area contributed by atoms with Crippen LogP contribution in [-0.4, -0.2) is 4.98 Å². The molecular formula is C15H16N2O. The van der Waals surface area contributed by atoms with E-state index in [0.717, 1.165) is 17.9 Å². The van der Waals surface area contributed by atoms with Gasteiger partial charge in [-0.15, -0.1) is 0 Å². The second-order valence-electron chi connectivity index (χ2n) is 4.73. The van der Waals surface area contributed by atoms with Gasteiger partial charge in [0.1, 0.15) is 5.75 Å². The fourth-order valence-corrected chi connectivity index (χ4v) is 2.35. The Hall–Kier alpha value is -2.03. The predicted molar refractivity (Wildman–Crippen MR) is 71.9 cm³/mol. The Balaban J connectivity index is 1.90. The molecule has 0 amide bonds. The van der Waals surface area contributed by atoms with Gasteiger partial charge in [0.2, 0.25) is 5.88 Å². The molecule has 92 valence electrons. The Bertz CT molecular complexity index is 593. The van der Waals surface area contributed by atoms with Gasteiger partial charge < -0.3 is 10.5 Å². The molecule has 3 nitrogen and oxygen atoms in total. The molecule has 0 spiro atoms. The first kappa shape index (κ1) is 11.1. The fourth-order valence-electron chi connectivity index (χ4n) is 2.35. The number of nitrogens with two attached hydrogens (primary N) is 1. The summed E-state index contributed by atoms with van der Waals surface area (Å²) < 4.78 is 5.78. The average Bonchev–Trinajstić information content (AvgIpc) is 2.81. The van der Waals surface area contributed by atoms with Gasteiger partial charge in [-0.3, -0.25) is 0 Å². The van der Waals surface area contributed by atoms with Crippen LogP contribution >= 0.6 is 0 Å². The topological polar surface area (TPSA) is 48.1 Å². The molecule has 3 heteroatoms. The summed E-state index contributed by atoms with van der Waals surface area (Å²) in [4.78, 5) is 4.31. The number of hydrogen-bond acceptors (Lipinski definition) is 3. The number of rotatable bonds is 2. The zero-order valence-electron chi connectivity index (χ0n) is 10.4. The lowest BCUT2D eigenvalue weighted by molar-refractivity contribution is 0.464. The summed E-state index contributed by atoms with van der Waals surface area (Å²) in [5.74, 6) is 1.31. The highest BCUT2D eigenvalue weighted by Crippen LogP contribution is 2.30. The highest BCUT2D eigenvalue weighted by atomic mass is 16.5. The van der Waals surface area contributed by atoms with Crippen LogP contribution in [0.5, 0.6) is 11.6 Å². The van der Waals surface area contributed by atoms with Crippen molar-refractivity contribution in [3.63, 3.8) is 0 Å². The second-order valence-corrected chi connectivity index (χ2v) is 4.73. The zero-order valence-corrected chi connectivity index (χ0v) is 10.4. The molecule has 1 aromatic heterocycles. The van der Waals surface area contributed by atoms with Crippen LogP contribution in [0.2, 0.25) is 0 Å². The van der Waals surface area contributed by atoms with Crippen LogP contribution in [0.3, 0.4) is 0 Å². The van der Waals surface area contributed by atoms with E-state index in [1.54, 1.807) is 0 Å². The quantitative estimate of drug-likeness (QED) is 0.876. The average molecular weight is 240 g/mol. The van der Waals surface area contributed by atoms with E-state index in [1.807, 2.05) is 25.1 Å². The summed E-state index contributed by atoms with van der Waals surface area (Å²) in [5.41, 5.74) is 10.2. The van der Waals surface area contributed by atoms with Crippen LogP contribution < -0.4 is 10.5 Å². The lowest BCUT2D eigenvalue weighted by atomic mass is 10.1. The highest BCUT2D eigenvalue weighted by molar-refractivity contribution is 5.50. The third kappa shape index (κ3) is 2.04. The van der Waals surface area contributed by atoms with Gasteiger partial charge in [-0.05, 0) is 61.6 Å². The Morgan fingerprint density at radius 2 is 1.94 bits per heavy atom. The smallest absolute Gasteiger partial charge is 0.242 e. The van der Waals surface area contributed by atoms with E-state index in [4.69, 9.17) is 10.5 Å². The third-order valence-corrected chi connectivity index (χ3v) is 3.31. The summed E-state index contributed by atoms with van der Waals surface area (Å²) in [6.45, 7) is 1.93. The minimum Gasteiger partial charge on any atom is -0.437 e. The number of anilines is 1. The molecule has 2 aromatic rings. The maximum Gasteiger partial charge on any atom is 0.242 e. The number of hydrogen-bond donors (Lipinski definition) is 1. The summed E-state index contributed by atoms with van der Waals surface area (Å²) in [5, 5.41) is 0. The summed E-state index contributed by atoms with van der Waals surface area (Å²) in [7, 11) is 0. The lowest BCUT2D eigenvalue weighted by Gasteiger charge is -2.09. The Morgan fingerprint density at radius 3 is 2.83 bits per heavy atom. The molecule has 1 heterocycles. The second kappa shape index (κ2) is 4.33. The summed E-state index contributed by atoms with van der Waals surface area (Å²) >= 11 is 0. The molecule has 1 aliphatic carbocycles. The minimum absolute atomic E-state index is 0.493. The molecule has 0 radical (unpaired) electrons. The highest BCUT2D eigenvalue weighted by Gasteiger charge is 2.12. The van der Waals surface area contributed by atoms with Crippen LogP contribution in [0.25, 0.3) is 0 Å². The summed E-state index contributed by atoms with van der Waals surface area (Å²) in [6.07, 6.45) is 3.56. The molecule has 0 fully saturated rings. The molecule has 18 heavy (non-hydrogen) atoms. The van der Waals surface area contributed by atoms with Crippen molar-refractivity contribution in [3.05, 3.63) is 47.2 Å². The largest absolute Gasteiger partial charge is 0.437 e.